The molecule has 0 saturated heterocycles. The number of rotatable bonds is 17. The van der Waals surface area contributed by atoms with E-state index in [4.69, 9.17) is 29.5 Å². The second-order valence-corrected chi connectivity index (χ2v) is 5.29. The molecule has 0 bridgehead atoms. The standard InChI is InChI=1S/C16H34N2O6/c1-4-20-7-5-16(19)18(17)6-8-21-9-10-22-11-12-23-13-14-24-15(2)3/h15H,4-14,17H2,1-3H3. The highest BCUT2D eigenvalue weighted by Crippen LogP contribution is 1.91. The Morgan fingerprint density at radius 3 is 1.96 bits per heavy atom. The van der Waals surface area contributed by atoms with Gasteiger partial charge in [0.15, 0.2) is 0 Å². The summed E-state index contributed by atoms with van der Waals surface area (Å²) in [6.45, 7) is 10.7. The average Bonchev–Trinajstić information content (AvgIpc) is 2.55. The van der Waals surface area contributed by atoms with E-state index in [-0.39, 0.29) is 18.4 Å². The molecule has 24 heavy (non-hydrogen) atoms. The first-order valence-corrected chi connectivity index (χ1v) is 8.55. The highest BCUT2D eigenvalue weighted by Gasteiger charge is 2.08. The molecule has 0 aromatic heterocycles. The molecule has 0 spiro atoms. The summed E-state index contributed by atoms with van der Waals surface area (Å²) in [5.74, 6) is 5.48. The van der Waals surface area contributed by atoms with Gasteiger partial charge in [-0.2, -0.15) is 0 Å². The number of hydrogen-bond acceptors (Lipinski definition) is 7. The van der Waals surface area contributed by atoms with E-state index in [2.05, 4.69) is 0 Å². The van der Waals surface area contributed by atoms with E-state index in [1.54, 1.807) is 0 Å². The van der Waals surface area contributed by atoms with Crippen LogP contribution in [0.15, 0.2) is 0 Å². The fourth-order valence-electron chi connectivity index (χ4n) is 1.62. The average molecular weight is 350 g/mol. The molecule has 0 aromatic rings. The van der Waals surface area contributed by atoms with Crippen LogP contribution in [0.5, 0.6) is 0 Å². The van der Waals surface area contributed by atoms with Gasteiger partial charge in [-0.1, -0.05) is 0 Å². The van der Waals surface area contributed by atoms with Crippen LogP contribution in [-0.2, 0) is 28.5 Å². The summed E-state index contributed by atoms with van der Waals surface area (Å²) in [7, 11) is 0. The van der Waals surface area contributed by atoms with Crippen LogP contribution in [0, 0.1) is 0 Å². The van der Waals surface area contributed by atoms with Crippen LogP contribution >= 0.6 is 0 Å². The lowest BCUT2D eigenvalue weighted by atomic mass is 10.4. The van der Waals surface area contributed by atoms with Gasteiger partial charge in [-0.15, -0.1) is 0 Å². The summed E-state index contributed by atoms with van der Waals surface area (Å²) in [5.41, 5.74) is 0. The fourth-order valence-corrected chi connectivity index (χ4v) is 1.62. The van der Waals surface area contributed by atoms with Crippen LogP contribution in [0.1, 0.15) is 27.2 Å². The summed E-state index contributed by atoms with van der Waals surface area (Å²) in [5, 5.41) is 1.16. The maximum Gasteiger partial charge on any atom is 0.238 e. The lowest BCUT2D eigenvalue weighted by molar-refractivity contribution is -0.133. The Hall–Kier alpha value is -0.770. The van der Waals surface area contributed by atoms with Crippen molar-refractivity contribution in [2.75, 3.05) is 66.0 Å². The Morgan fingerprint density at radius 2 is 1.42 bits per heavy atom. The summed E-state index contributed by atoms with van der Waals surface area (Å²) in [4.78, 5) is 11.6. The van der Waals surface area contributed by atoms with Crippen molar-refractivity contribution in [3.63, 3.8) is 0 Å². The molecule has 8 nitrogen and oxygen atoms in total. The molecular weight excluding hydrogens is 316 g/mol. The number of nitrogens with two attached hydrogens (primary N) is 1. The Labute approximate surface area is 145 Å². The first kappa shape index (κ1) is 23.2. The molecule has 0 aliphatic rings. The van der Waals surface area contributed by atoms with Gasteiger partial charge in [0.1, 0.15) is 0 Å². The molecule has 0 atom stereocenters. The number of nitrogens with zero attached hydrogens (tertiary/aromatic N) is 1. The van der Waals surface area contributed by atoms with Gasteiger partial charge < -0.3 is 23.7 Å². The predicted molar refractivity (Wildman–Crippen MR) is 90.6 cm³/mol. The Balaban J connectivity index is 3.25. The van der Waals surface area contributed by atoms with Gasteiger partial charge in [-0.3, -0.25) is 9.80 Å². The van der Waals surface area contributed by atoms with Gasteiger partial charge in [-0.05, 0) is 20.8 Å². The summed E-state index contributed by atoms with van der Waals surface area (Å²) >= 11 is 0. The highest BCUT2D eigenvalue weighted by molar-refractivity contribution is 5.75. The molecule has 2 N–H and O–H groups in total. The van der Waals surface area contributed by atoms with Gasteiger partial charge in [0, 0.05) is 6.61 Å². The number of amides is 1. The first-order chi connectivity index (χ1) is 11.6. The van der Waals surface area contributed by atoms with Crippen LogP contribution in [0.25, 0.3) is 0 Å². The minimum absolute atomic E-state index is 0.151. The smallest absolute Gasteiger partial charge is 0.238 e. The Morgan fingerprint density at radius 1 is 0.875 bits per heavy atom. The van der Waals surface area contributed by atoms with Crippen LogP contribution in [0.2, 0.25) is 0 Å². The molecule has 0 heterocycles. The summed E-state index contributed by atoms with van der Waals surface area (Å²) < 4.78 is 26.5. The minimum atomic E-state index is -0.151. The number of hydrogen-bond donors (Lipinski definition) is 1. The van der Waals surface area contributed by atoms with Crippen molar-refractivity contribution < 1.29 is 28.5 Å². The molecule has 144 valence electrons. The number of hydrazine groups is 1. The lowest BCUT2D eigenvalue weighted by Gasteiger charge is -2.16. The lowest BCUT2D eigenvalue weighted by Crippen LogP contribution is -2.40. The van der Waals surface area contributed by atoms with Crippen molar-refractivity contribution in [1.82, 2.24) is 5.01 Å². The van der Waals surface area contributed by atoms with Crippen molar-refractivity contribution in [1.29, 1.82) is 0 Å². The first-order valence-electron chi connectivity index (χ1n) is 8.55. The molecule has 0 aliphatic heterocycles. The van der Waals surface area contributed by atoms with E-state index in [0.717, 1.165) is 5.01 Å². The van der Waals surface area contributed by atoms with E-state index in [0.29, 0.717) is 66.0 Å². The van der Waals surface area contributed by atoms with Crippen LogP contribution in [-0.4, -0.2) is 83.0 Å². The zero-order valence-electron chi connectivity index (χ0n) is 15.3. The van der Waals surface area contributed by atoms with E-state index >= 15 is 0 Å². The Kier molecular flexibility index (Phi) is 16.5. The molecule has 0 unspecified atom stereocenters. The number of ether oxygens (including phenoxy) is 5. The molecular formula is C16H34N2O6. The van der Waals surface area contributed by atoms with E-state index in [1.807, 2.05) is 20.8 Å². The molecule has 0 fully saturated rings. The molecule has 0 saturated carbocycles. The van der Waals surface area contributed by atoms with Crippen LogP contribution in [0.3, 0.4) is 0 Å². The largest absolute Gasteiger partial charge is 0.381 e. The van der Waals surface area contributed by atoms with Crippen molar-refractivity contribution >= 4 is 5.91 Å². The molecule has 0 aromatic carbocycles. The van der Waals surface area contributed by atoms with Gasteiger partial charge >= 0.3 is 0 Å². The normalized spacial score (nSPS) is 11.2. The maximum atomic E-state index is 11.6. The third-order valence-electron chi connectivity index (χ3n) is 2.88. The Bertz CT molecular complexity index is 292. The van der Waals surface area contributed by atoms with Gasteiger partial charge in [0.2, 0.25) is 5.91 Å². The third kappa shape index (κ3) is 16.1. The quantitative estimate of drug-likeness (QED) is 0.178. The summed E-state index contributed by atoms with van der Waals surface area (Å²) in [6.07, 6.45) is 0.516. The van der Waals surface area contributed by atoms with E-state index in [1.165, 1.54) is 0 Å². The molecule has 0 radical (unpaired) electrons. The van der Waals surface area contributed by atoms with Crippen molar-refractivity contribution in [2.24, 2.45) is 5.84 Å². The summed E-state index contributed by atoms with van der Waals surface area (Å²) in [6, 6.07) is 0. The minimum Gasteiger partial charge on any atom is -0.381 e. The van der Waals surface area contributed by atoms with Crippen molar-refractivity contribution in [3.05, 3.63) is 0 Å². The maximum absolute atomic E-state index is 11.6. The fraction of sp³-hybridized carbons (Fsp3) is 0.938. The van der Waals surface area contributed by atoms with Gasteiger partial charge in [0.05, 0.1) is 71.9 Å². The predicted octanol–water partition coefficient (Wildman–Crippen LogP) is 0.590. The third-order valence-corrected chi connectivity index (χ3v) is 2.88. The molecule has 1 amide bonds. The SMILES string of the molecule is CCOCCC(=O)N(N)CCOCCOCCOCCOC(C)C. The molecule has 0 rings (SSSR count). The second kappa shape index (κ2) is 17.1. The zero-order valence-corrected chi connectivity index (χ0v) is 15.3. The van der Waals surface area contributed by atoms with E-state index < -0.39 is 0 Å². The van der Waals surface area contributed by atoms with Crippen molar-refractivity contribution in [2.45, 2.75) is 33.3 Å². The monoisotopic (exact) mass is 350 g/mol. The number of carbonyl (C=O) groups excluding carboxylic acids is 1. The molecule has 8 heteroatoms. The topological polar surface area (TPSA) is 92.5 Å². The molecule has 0 aliphatic carbocycles. The van der Waals surface area contributed by atoms with E-state index in [9.17, 15) is 4.79 Å². The van der Waals surface area contributed by atoms with Gasteiger partial charge in [-0.25, -0.2) is 5.84 Å². The second-order valence-electron chi connectivity index (χ2n) is 5.29. The van der Waals surface area contributed by atoms with Crippen molar-refractivity contribution in [3.8, 4) is 0 Å². The van der Waals surface area contributed by atoms with Crippen LogP contribution in [0.4, 0.5) is 0 Å². The zero-order chi connectivity index (χ0) is 18.0. The van der Waals surface area contributed by atoms with Crippen LogP contribution < -0.4 is 5.84 Å². The van der Waals surface area contributed by atoms with Gasteiger partial charge in [0.25, 0.3) is 0 Å². The number of carbonyl (C=O) groups is 1. The highest BCUT2D eigenvalue weighted by atomic mass is 16.6.